The summed E-state index contributed by atoms with van der Waals surface area (Å²) in [5.74, 6) is -1.13. The summed E-state index contributed by atoms with van der Waals surface area (Å²) in [6, 6.07) is 7.76. The predicted octanol–water partition coefficient (Wildman–Crippen LogP) is 3.58. The fourth-order valence-corrected chi connectivity index (χ4v) is 1.88. The summed E-state index contributed by atoms with van der Waals surface area (Å²) in [6.45, 7) is 1.94. The van der Waals surface area contributed by atoms with Crippen molar-refractivity contribution in [2.45, 2.75) is 39.0 Å². The van der Waals surface area contributed by atoms with Crippen molar-refractivity contribution in [1.29, 1.82) is 0 Å². The monoisotopic (exact) mass is 282 g/mol. The van der Waals surface area contributed by atoms with Crippen molar-refractivity contribution in [1.82, 2.24) is 0 Å². The minimum atomic E-state index is -0.708. The fourth-order valence-electron chi connectivity index (χ4n) is 1.76. The van der Waals surface area contributed by atoms with Crippen LogP contribution in [0.3, 0.4) is 0 Å². The quantitative estimate of drug-likeness (QED) is 0.416. The number of hydrogen-bond acceptors (Lipinski definition) is 3. The highest BCUT2D eigenvalue weighted by Gasteiger charge is 2.13. The van der Waals surface area contributed by atoms with Crippen molar-refractivity contribution in [3.8, 4) is 0 Å². The van der Waals surface area contributed by atoms with Gasteiger partial charge in [-0.1, -0.05) is 30.2 Å². The molecule has 1 aromatic carbocycles. The Bertz CT molecular complexity index is 412. The summed E-state index contributed by atoms with van der Waals surface area (Å²) in [6.07, 6.45) is 3.89. The molecule has 1 rings (SSSR count). The molecule has 0 amide bonds. The summed E-state index contributed by atoms with van der Waals surface area (Å²) in [4.78, 5) is 22.4. The van der Waals surface area contributed by atoms with Gasteiger partial charge in [0.2, 0.25) is 5.78 Å². The first-order valence-electron chi connectivity index (χ1n) is 6.58. The molecule has 0 radical (unpaired) electrons. The standard InChI is InChI=1S/C15H19ClO3/c1-2-19-15(18)14(17)7-5-3-4-6-12-8-10-13(16)11-9-12/h8-11H,2-7H2,1H3. The van der Waals surface area contributed by atoms with Crippen LogP contribution in [0.15, 0.2) is 24.3 Å². The molecule has 0 heterocycles. The Morgan fingerprint density at radius 2 is 1.79 bits per heavy atom. The Hall–Kier alpha value is -1.35. The number of carbonyl (C=O) groups is 2. The number of ether oxygens (including phenoxy) is 1. The van der Waals surface area contributed by atoms with E-state index in [1.807, 2.05) is 24.3 Å². The van der Waals surface area contributed by atoms with Crippen molar-refractivity contribution in [3.63, 3.8) is 0 Å². The SMILES string of the molecule is CCOC(=O)C(=O)CCCCCc1ccc(Cl)cc1. The molecule has 0 N–H and O–H groups in total. The first-order chi connectivity index (χ1) is 9.13. The van der Waals surface area contributed by atoms with Gasteiger partial charge in [-0.15, -0.1) is 0 Å². The molecule has 0 aromatic heterocycles. The largest absolute Gasteiger partial charge is 0.460 e. The van der Waals surface area contributed by atoms with E-state index in [-0.39, 0.29) is 13.0 Å². The zero-order valence-electron chi connectivity index (χ0n) is 11.2. The number of benzene rings is 1. The van der Waals surface area contributed by atoms with Crippen molar-refractivity contribution in [2.24, 2.45) is 0 Å². The summed E-state index contributed by atoms with van der Waals surface area (Å²) in [7, 11) is 0. The van der Waals surface area contributed by atoms with E-state index in [0.717, 1.165) is 30.7 Å². The zero-order valence-corrected chi connectivity index (χ0v) is 11.9. The number of halogens is 1. The van der Waals surface area contributed by atoms with Crippen LogP contribution >= 0.6 is 11.6 Å². The van der Waals surface area contributed by atoms with E-state index in [0.29, 0.717) is 0 Å². The third kappa shape index (κ3) is 6.39. The van der Waals surface area contributed by atoms with Crippen LogP contribution in [0.4, 0.5) is 0 Å². The number of rotatable bonds is 8. The number of carbonyl (C=O) groups excluding carboxylic acids is 2. The maximum Gasteiger partial charge on any atom is 0.374 e. The predicted molar refractivity (Wildman–Crippen MR) is 75.3 cm³/mol. The molecule has 1 aromatic rings. The van der Waals surface area contributed by atoms with E-state index in [2.05, 4.69) is 4.74 Å². The highest BCUT2D eigenvalue weighted by Crippen LogP contribution is 2.12. The summed E-state index contributed by atoms with van der Waals surface area (Å²) >= 11 is 5.80. The Labute approximate surface area is 118 Å². The van der Waals surface area contributed by atoms with Crippen LogP contribution in [-0.4, -0.2) is 18.4 Å². The van der Waals surface area contributed by atoms with Gasteiger partial charge < -0.3 is 4.74 Å². The van der Waals surface area contributed by atoms with E-state index in [1.54, 1.807) is 6.92 Å². The van der Waals surface area contributed by atoms with Crippen LogP contribution < -0.4 is 0 Å². The van der Waals surface area contributed by atoms with Crippen LogP contribution in [0.5, 0.6) is 0 Å². The average Bonchev–Trinajstić information content (AvgIpc) is 2.40. The van der Waals surface area contributed by atoms with Crippen LogP contribution in [-0.2, 0) is 20.7 Å². The Morgan fingerprint density at radius 3 is 2.42 bits per heavy atom. The molecule has 104 valence electrons. The molecule has 0 aliphatic heterocycles. The highest BCUT2D eigenvalue weighted by atomic mass is 35.5. The lowest BCUT2D eigenvalue weighted by atomic mass is 10.1. The molecular weight excluding hydrogens is 264 g/mol. The van der Waals surface area contributed by atoms with Gasteiger partial charge in [0.05, 0.1) is 6.61 Å². The first kappa shape index (κ1) is 15.7. The van der Waals surface area contributed by atoms with Crippen molar-refractivity contribution >= 4 is 23.4 Å². The lowest BCUT2D eigenvalue weighted by Crippen LogP contribution is -2.16. The van der Waals surface area contributed by atoms with Gasteiger partial charge in [-0.05, 0) is 43.9 Å². The topological polar surface area (TPSA) is 43.4 Å². The van der Waals surface area contributed by atoms with E-state index in [4.69, 9.17) is 11.6 Å². The highest BCUT2D eigenvalue weighted by molar-refractivity contribution is 6.33. The maximum atomic E-state index is 11.3. The van der Waals surface area contributed by atoms with Gasteiger partial charge >= 0.3 is 5.97 Å². The zero-order chi connectivity index (χ0) is 14.1. The van der Waals surface area contributed by atoms with Crippen molar-refractivity contribution in [3.05, 3.63) is 34.9 Å². The number of esters is 1. The normalized spacial score (nSPS) is 10.2. The second-order valence-electron chi connectivity index (χ2n) is 4.33. The lowest BCUT2D eigenvalue weighted by Gasteiger charge is -2.02. The number of unbranched alkanes of at least 4 members (excludes halogenated alkanes) is 2. The smallest absolute Gasteiger partial charge is 0.374 e. The van der Waals surface area contributed by atoms with Gasteiger partial charge in [-0.3, -0.25) is 4.79 Å². The second kappa shape index (κ2) is 8.70. The second-order valence-corrected chi connectivity index (χ2v) is 4.77. The average molecular weight is 283 g/mol. The van der Waals surface area contributed by atoms with Crippen LogP contribution in [0.2, 0.25) is 5.02 Å². The molecular formula is C15H19ClO3. The van der Waals surface area contributed by atoms with Crippen molar-refractivity contribution in [2.75, 3.05) is 6.61 Å². The van der Waals surface area contributed by atoms with Crippen LogP contribution in [0.25, 0.3) is 0 Å². The molecule has 3 nitrogen and oxygen atoms in total. The molecule has 0 aliphatic rings. The molecule has 19 heavy (non-hydrogen) atoms. The van der Waals surface area contributed by atoms with Gasteiger partial charge in [-0.2, -0.15) is 0 Å². The Balaban J connectivity index is 2.13. The summed E-state index contributed by atoms with van der Waals surface area (Å²) < 4.78 is 4.64. The molecule has 0 atom stereocenters. The minimum absolute atomic E-state index is 0.251. The maximum absolute atomic E-state index is 11.3. The number of hydrogen-bond donors (Lipinski definition) is 0. The fraction of sp³-hybridized carbons (Fsp3) is 0.467. The van der Waals surface area contributed by atoms with E-state index in [1.165, 1.54) is 5.56 Å². The lowest BCUT2D eigenvalue weighted by molar-refractivity contribution is -0.153. The molecule has 0 spiro atoms. The number of aryl methyl sites for hydroxylation is 1. The molecule has 0 saturated carbocycles. The number of ketones is 1. The number of Topliss-reactive ketones (excluding diaryl/α,β-unsaturated/α-hetero) is 1. The van der Waals surface area contributed by atoms with E-state index < -0.39 is 11.8 Å². The van der Waals surface area contributed by atoms with Gasteiger partial charge in [0.25, 0.3) is 0 Å². The van der Waals surface area contributed by atoms with Gasteiger partial charge in [-0.25, -0.2) is 4.79 Å². The molecule has 0 fully saturated rings. The van der Waals surface area contributed by atoms with E-state index in [9.17, 15) is 9.59 Å². The minimum Gasteiger partial charge on any atom is -0.460 e. The van der Waals surface area contributed by atoms with Crippen molar-refractivity contribution < 1.29 is 14.3 Å². The molecule has 0 bridgehead atoms. The van der Waals surface area contributed by atoms with Gasteiger partial charge in [0, 0.05) is 11.4 Å². The van der Waals surface area contributed by atoms with Crippen LogP contribution in [0.1, 0.15) is 38.2 Å². The summed E-state index contributed by atoms with van der Waals surface area (Å²) in [5, 5.41) is 0.740. The summed E-state index contributed by atoms with van der Waals surface area (Å²) in [5.41, 5.74) is 1.24. The molecule has 4 heteroatoms. The van der Waals surface area contributed by atoms with Gasteiger partial charge in [0.1, 0.15) is 0 Å². The van der Waals surface area contributed by atoms with E-state index >= 15 is 0 Å². The first-order valence-corrected chi connectivity index (χ1v) is 6.95. The molecule has 0 saturated heterocycles. The van der Waals surface area contributed by atoms with Gasteiger partial charge in [0.15, 0.2) is 0 Å². The van der Waals surface area contributed by atoms with Crippen LogP contribution in [0, 0.1) is 0 Å². The Kier molecular flexibility index (Phi) is 7.19. The third-order valence-corrected chi connectivity index (χ3v) is 3.04. The molecule has 0 unspecified atom stereocenters. The Morgan fingerprint density at radius 1 is 1.11 bits per heavy atom. The third-order valence-electron chi connectivity index (χ3n) is 2.79. The molecule has 0 aliphatic carbocycles.